The Balaban J connectivity index is 1.92. The molecule has 29 heavy (non-hydrogen) atoms. The number of carbonyl (C=O) groups excluding carboxylic acids is 1. The second-order valence-corrected chi connectivity index (χ2v) is 7.80. The molecular weight excluding hydrogens is 384 g/mol. The SMILES string of the molecule is CCc1ccc(CC)c(C(=O)CSc2nc3ccccc3c(=O)n2CCCO)c1. The lowest BCUT2D eigenvalue weighted by Crippen LogP contribution is -2.24. The number of hydrogen-bond donors (Lipinski definition) is 1. The summed E-state index contributed by atoms with van der Waals surface area (Å²) in [7, 11) is 0. The van der Waals surface area contributed by atoms with Crippen LogP contribution >= 0.6 is 11.8 Å². The van der Waals surface area contributed by atoms with Crippen molar-refractivity contribution < 1.29 is 9.90 Å². The predicted molar refractivity (Wildman–Crippen MR) is 118 cm³/mol. The normalized spacial score (nSPS) is 11.1. The van der Waals surface area contributed by atoms with Crippen molar-refractivity contribution in [1.29, 1.82) is 0 Å². The molecule has 2 aromatic carbocycles. The number of rotatable bonds is 9. The fourth-order valence-electron chi connectivity index (χ4n) is 3.30. The van der Waals surface area contributed by atoms with Crippen LogP contribution in [0.15, 0.2) is 52.4 Å². The Morgan fingerprint density at radius 1 is 1.14 bits per heavy atom. The number of hydrogen-bond acceptors (Lipinski definition) is 5. The lowest BCUT2D eigenvalue weighted by Gasteiger charge is -2.13. The number of carbonyl (C=O) groups is 1. The van der Waals surface area contributed by atoms with Crippen LogP contribution in [0, 0.1) is 0 Å². The number of aromatic nitrogens is 2. The Kier molecular flexibility index (Phi) is 7.23. The second kappa shape index (κ2) is 9.85. The summed E-state index contributed by atoms with van der Waals surface area (Å²) in [6.45, 7) is 4.48. The van der Waals surface area contributed by atoms with Gasteiger partial charge in [0.25, 0.3) is 5.56 Å². The van der Waals surface area contributed by atoms with Gasteiger partial charge in [0, 0.05) is 18.7 Å². The van der Waals surface area contributed by atoms with Crippen molar-refractivity contribution in [3.05, 3.63) is 69.5 Å². The standard InChI is InChI=1S/C23H26N2O3S/c1-3-16-10-11-17(4-2)19(14-16)21(27)15-29-23-24-20-9-6-5-8-18(20)22(28)25(23)12-7-13-26/h5-6,8-11,14,26H,3-4,7,12-13,15H2,1-2H3. The van der Waals surface area contributed by atoms with Crippen molar-refractivity contribution in [3.63, 3.8) is 0 Å². The van der Waals surface area contributed by atoms with Crippen LogP contribution in [0.1, 0.15) is 41.8 Å². The molecule has 0 aliphatic carbocycles. The first-order chi connectivity index (χ1) is 14.1. The van der Waals surface area contributed by atoms with Crippen LogP contribution in [0.5, 0.6) is 0 Å². The lowest BCUT2D eigenvalue weighted by molar-refractivity contribution is 0.102. The van der Waals surface area contributed by atoms with Crippen molar-refractivity contribution >= 4 is 28.4 Å². The lowest BCUT2D eigenvalue weighted by atomic mass is 9.98. The molecule has 0 unspecified atom stereocenters. The van der Waals surface area contributed by atoms with Gasteiger partial charge >= 0.3 is 0 Å². The Hall–Kier alpha value is -2.44. The molecule has 5 nitrogen and oxygen atoms in total. The van der Waals surface area contributed by atoms with Gasteiger partial charge in [0.05, 0.1) is 16.7 Å². The first-order valence-corrected chi connectivity index (χ1v) is 11.0. The summed E-state index contributed by atoms with van der Waals surface area (Å²) in [5.74, 6) is 0.252. The zero-order chi connectivity index (χ0) is 20.8. The molecule has 1 heterocycles. The fraction of sp³-hybridized carbons (Fsp3) is 0.348. The van der Waals surface area contributed by atoms with E-state index >= 15 is 0 Å². The largest absolute Gasteiger partial charge is 0.396 e. The fourth-order valence-corrected chi connectivity index (χ4v) is 4.21. The predicted octanol–water partition coefficient (Wildman–Crippen LogP) is 3.88. The third-order valence-electron chi connectivity index (χ3n) is 4.96. The molecule has 0 radical (unpaired) electrons. The molecule has 0 spiro atoms. The first-order valence-electron chi connectivity index (χ1n) is 9.97. The Bertz CT molecular complexity index is 1080. The van der Waals surface area contributed by atoms with Crippen molar-refractivity contribution in [2.45, 2.75) is 44.8 Å². The summed E-state index contributed by atoms with van der Waals surface area (Å²) in [4.78, 5) is 30.5. The van der Waals surface area contributed by atoms with E-state index in [1.807, 2.05) is 31.2 Å². The van der Waals surface area contributed by atoms with Crippen LogP contribution in [0.2, 0.25) is 0 Å². The monoisotopic (exact) mass is 410 g/mol. The van der Waals surface area contributed by atoms with Crippen molar-refractivity contribution in [3.8, 4) is 0 Å². The maximum atomic E-state index is 13.0. The molecule has 0 aliphatic heterocycles. The molecule has 0 saturated heterocycles. The highest BCUT2D eigenvalue weighted by atomic mass is 32.2. The van der Waals surface area contributed by atoms with Gasteiger partial charge < -0.3 is 5.11 Å². The summed E-state index contributed by atoms with van der Waals surface area (Å²) in [5.41, 5.74) is 3.41. The number of aryl methyl sites for hydroxylation is 2. The highest BCUT2D eigenvalue weighted by Gasteiger charge is 2.16. The minimum Gasteiger partial charge on any atom is -0.396 e. The highest BCUT2D eigenvalue weighted by molar-refractivity contribution is 7.99. The average Bonchev–Trinajstić information content (AvgIpc) is 2.76. The van der Waals surface area contributed by atoms with E-state index in [1.54, 1.807) is 16.7 Å². The summed E-state index contributed by atoms with van der Waals surface area (Å²) in [5, 5.41) is 10.3. The van der Waals surface area contributed by atoms with Crippen LogP contribution in [-0.2, 0) is 19.4 Å². The van der Waals surface area contributed by atoms with E-state index in [4.69, 9.17) is 0 Å². The van der Waals surface area contributed by atoms with Crippen LogP contribution in [0.3, 0.4) is 0 Å². The summed E-state index contributed by atoms with van der Waals surface area (Å²) < 4.78 is 1.57. The van der Waals surface area contributed by atoms with Crippen molar-refractivity contribution in [2.75, 3.05) is 12.4 Å². The van der Waals surface area contributed by atoms with Crippen LogP contribution in [0.25, 0.3) is 10.9 Å². The highest BCUT2D eigenvalue weighted by Crippen LogP contribution is 2.22. The molecule has 3 aromatic rings. The average molecular weight is 411 g/mol. The van der Waals surface area contributed by atoms with E-state index in [1.165, 1.54) is 11.8 Å². The van der Waals surface area contributed by atoms with E-state index in [0.717, 1.165) is 29.5 Å². The van der Waals surface area contributed by atoms with Gasteiger partial charge in [-0.2, -0.15) is 0 Å². The Morgan fingerprint density at radius 3 is 2.66 bits per heavy atom. The number of thioether (sulfide) groups is 1. The second-order valence-electron chi connectivity index (χ2n) is 6.86. The van der Waals surface area contributed by atoms with Crippen molar-refractivity contribution in [1.82, 2.24) is 9.55 Å². The zero-order valence-corrected chi connectivity index (χ0v) is 17.7. The van der Waals surface area contributed by atoms with E-state index in [9.17, 15) is 14.7 Å². The number of fused-ring (bicyclic) bond motifs is 1. The summed E-state index contributed by atoms with van der Waals surface area (Å²) >= 11 is 1.28. The van der Waals surface area contributed by atoms with Gasteiger partial charge in [-0.3, -0.25) is 14.2 Å². The van der Waals surface area contributed by atoms with Gasteiger partial charge in [0.15, 0.2) is 10.9 Å². The topological polar surface area (TPSA) is 72.2 Å². The maximum absolute atomic E-state index is 13.0. The van der Waals surface area contributed by atoms with Crippen molar-refractivity contribution in [2.24, 2.45) is 0 Å². The third-order valence-corrected chi connectivity index (χ3v) is 5.94. The molecule has 1 N–H and O–H groups in total. The zero-order valence-electron chi connectivity index (χ0n) is 16.9. The molecule has 152 valence electrons. The number of ketones is 1. The number of benzene rings is 2. The smallest absolute Gasteiger partial charge is 0.262 e. The minimum absolute atomic E-state index is 0.00796. The molecule has 0 atom stereocenters. The Labute approximate surface area is 174 Å². The van der Waals surface area contributed by atoms with Gasteiger partial charge in [-0.15, -0.1) is 0 Å². The summed E-state index contributed by atoms with van der Waals surface area (Å²) in [6, 6.07) is 13.3. The van der Waals surface area contributed by atoms with Gasteiger partial charge in [-0.25, -0.2) is 4.98 Å². The van der Waals surface area contributed by atoms with Gasteiger partial charge in [0.1, 0.15) is 0 Å². The molecule has 0 amide bonds. The molecule has 0 bridgehead atoms. The van der Waals surface area contributed by atoms with E-state index < -0.39 is 0 Å². The number of para-hydroxylation sites is 1. The minimum atomic E-state index is -0.138. The van der Waals surface area contributed by atoms with Gasteiger partial charge in [-0.05, 0) is 48.6 Å². The quantitative estimate of drug-likeness (QED) is 0.329. The summed E-state index contributed by atoms with van der Waals surface area (Å²) in [6.07, 6.45) is 2.13. The van der Waals surface area contributed by atoms with Crippen LogP contribution in [0.4, 0.5) is 0 Å². The Morgan fingerprint density at radius 2 is 1.93 bits per heavy atom. The van der Waals surface area contributed by atoms with Crippen LogP contribution in [-0.4, -0.2) is 32.8 Å². The van der Waals surface area contributed by atoms with Gasteiger partial charge in [-0.1, -0.05) is 49.9 Å². The van der Waals surface area contributed by atoms with E-state index in [0.29, 0.717) is 29.0 Å². The molecule has 1 aromatic heterocycles. The number of aliphatic hydroxyl groups excluding tert-OH is 1. The number of Topliss-reactive ketones (excluding diaryl/α,β-unsaturated/α-hetero) is 1. The van der Waals surface area contributed by atoms with E-state index in [-0.39, 0.29) is 23.7 Å². The van der Waals surface area contributed by atoms with Gasteiger partial charge in [0.2, 0.25) is 0 Å². The molecular formula is C23H26N2O3S. The molecule has 3 rings (SSSR count). The van der Waals surface area contributed by atoms with E-state index in [2.05, 4.69) is 18.0 Å². The first kappa shape index (κ1) is 21.3. The molecule has 0 aliphatic rings. The third kappa shape index (κ3) is 4.77. The molecule has 0 saturated carbocycles. The maximum Gasteiger partial charge on any atom is 0.262 e. The van der Waals surface area contributed by atoms with Crippen LogP contribution < -0.4 is 5.56 Å². The number of aliphatic hydroxyl groups is 1. The molecule has 0 fully saturated rings. The number of nitrogens with zero attached hydrogens (tertiary/aromatic N) is 2. The molecule has 6 heteroatoms.